The summed E-state index contributed by atoms with van der Waals surface area (Å²) in [5.41, 5.74) is 1.54. The van der Waals surface area contributed by atoms with Gasteiger partial charge in [-0.2, -0.15) is 0 Å². The van der Waals surface area contributed by atoms with Crippen LogP contribution in [0.2, 0.25) is 0 Å². The average Bonchev–Trinajstić information content (AvgIpc) is 3.05. The maximum Gasteiger partial charge on any atom is 0.248 e. The summed E-state index contributed by atoms with van der Waals surface area (Å²) in [7, 11) is 0. The van der Waals surface area contributed by atoms with Crippen LogP contribution in [0, 0.1) is 11.8 Å². The predicted octanol–water partition coefficient (Wildman–Crippen LogP) is 4.25. The predicted molar refractivity (Wildman–Crippen MR) is 105 cm³/mol. The molecule has 2 aromatic rings. The quantitative estimate of drug-likeness (QED) is 0.773. The van der Waals surface area contributed by atoms with Crippen LogP contribution in [0.5, 0.6) is 0 Å². The van der Waals surface area contributed by atoms with E-state index >= 15 is 0 Å². The first-order valence-electron chi connectivity index (χ1n) is 9.36. The number of piperidine rings is 1. The Bertz CT molecular complexity index is 805. The summed E-state index contributed by atoms with van der Waals surface area (Å²) >= 11 is 1.96. The third kappa shape index (κ3) is 2.99. The molecule has 0 spiro atoms. The summed E-state index contributed by atoms with van der Waals surface area (Å²) in [6.07, 6.45) is 8.62. The molecule has 1 atom stereocenters. The van der Waals surface area contributed by atoms with Gasteiger partial charge in [0.1, 0.15) is 5.82 Å². The standard InChI is InChI=1S/C20H25N3OS/c1-3-13-4-5-15-17(12-13)25-16-6-9-22-19(18(15)16)23-10-7-14(8-11-23)20(24)21-2/h6,9,13-14H,2-5,7-8,10-12H2,1H3. The van der Waals surface area contributed by atoms with Gasteiger partial charge in [0.15, 0.2) is 0 Å². The normalized spacial score (nSPS) is 21.3. The van der Waals surface area contributed by atoms with E-state index in [1.54, 1.807) is 10.4 Å². The molecule has 0 saturated carbocycles. The number of pyridine rings is 1. The first-order chi connectivity index (χ1) is 12.2. The summed E-state index contributed by atoms with van der Waals surface area (Å²) in [5, 5.41) is 1.38. The Morgan fingerprint density at radius 3 is 2.92 bits per heavy atom. The minimum Gasteiger partial charge on any atom is -0.356 e. The number of amides is 1. The number of aliphatic imine (C=N–C) groups is 1. The van der Waals surface area contributed by atoms with Crippen molar-refractivity contribution >= 4 is 39.9 Å². The highest BCUT2D eigenvalue weighted by molar-refractivity contribution is 7.19. The van der Waals surface area contributed by atoms with E-state index in [4.69, 9.17) is 4.98 Å². The summed E-state index contributed by atoms with van der Waals surface area (Å²) in [4.78, 5) is 24.1. The van der Waals surface area contributed by atoms with Crippen molar-refractivity contribution in [1.82, 2.24) is 4.98 Å². The minimum absolute atomic E-state index is 0.0367. The molecule has 1 amide bonds. The van der Waals surface area contributed by atoms with Gasteiger partial charge in [0.05, 0.1) is 0 Å². The molecule has 25 heavy (non-hydrogen) atoms. The molecule has 5 heteroatoms. The Labute approximate surface area is 153 Å². The number of aromatic nitrogens is 1. The zero-order chi connectivity index (χ0) is 17.4. The Hall–Kier alpha value is -1.75. The fraction of sp³-hybridized carbons (Fsp3) is 0.550. The monoisotopic (exact) mass is 355 g/mol. The molecule has 2 aromatic heterocycles. The van der Waals surface area contributed by atoms with Gasteiger partial charge in [-0.15, -0.1) is 11.3 Å². The van der Waals surface area contributed by atoms with Crippen LogP contribution >= 0.6 is 11.3 Å². The molecule has 132 valence electrons. The molecule has 1 saturated heterocycles. The smallest absolute Gasteiger partial charge is 0.248 e. The SMILES string of the molecule is C=NC(=O)C1CCN(c2nccc3sc4c(c23)CCC(CC)C4)CC1. The van der Waals surface area contributed by atoms with Crippen LogP contribution in [0.15, 0.2) is 17.3 Å². The van der Waals surface area contributed by atoms with Crippen LogP contribution in [0.1, 0.15) is 43.0 Å². The lowest BCUT2D eigenvalue weighted by atomic mass is 9.86. The fourth-order valence-electron chi connectivity index (χ4n) is 4.33. The number of hydrogen-bond donors (Lipinski definition) is 0. The number of anilines is 1. The van der Waals surface area contributed by atoms with Crippen molar-refractivity contribution in [3.05, 3.63) is 22.7 Å². The van der Waals surface area contributed by atoms with Gasteiger partial charge in [0, 0.05) is 40.2 Å². The highest BCUT2D eigenvalue weighted by Gasteiger charge is 2.28. The molecule has 1 aliphatic heterocycles. The van der Waals surface area contributed by atoms with Gasteiger partial charge in [-0.25, -0.2) is 9.98 Å². The van der Waals surface area contributed by atoms with Gasteiger partial charge in [0.2, 0.25) is 5.91 Å². The van der Waals surface area contributed by atoms with Gasteiger partial charge in [-0.1, -0.05) is 13.3 Å². The van der Waals surface area contributed by atoms with Crippen molar-refractivity contribution in [1.29, 1.82) is 0 Å². The number of carbonyl (C=O) groups excluding carboxylic acids is 1. The number of rotatable bonds is 3. The minimum atomic E-state index is -0.0515. The third-order valence-corrected chi connectivity index (χ3v) is 7.14. The Balaban J connectivity index is 1.64. The molecule has 0 N–H and O–H groups in total. The molecule has 1 fully saturated rings. The van der Waals surface area contributed by atoms with Crippen molar-refractivity contribution in [3.63, 3.8) is 0 Å². The van der Waals surface area contributed by atoms with E-state index in [1.165, 1.54) is 35.8 Å². The molecular formula is C20H25N3OS. The van der Waals surface area contributed by atoms with Crippen LogP contribution in [0.3, 0.4) is 0 Å². The number of aryl methyl sites for hydroxylation is 1. The van der Waals surface area contributed by atoms with Crippen molar-refractivity contribution in [2.75, 3.05) is 18.0 Å². The molecule has 1 aliphatic carbocycles. The molecule has 0 bridgehead atoms. The largest absolute Gasteiger partial charge is 0.356 e. The average molecular weight is 356 g/mol. The molecule has 2 aliphatic rings. The van der Waals surface area contributed by atoms with Crippen LogP contribution < -0.4 is 4.90 Å². The highest BCUT2D eigenvalue weighted by atomic mass is 32.1. The third-order valence-electron chi connectivity index (χ3n) is 5.92. The van der Waals surface area contributed by atoms with Crippen molar-refractivity contribution in [2.24, 2.45) is 16.8 Å². The number of nitrogens with zero attached hydrogens (tertiary/aromatic N) is 3. The first kappa shape index (κ1) is 16.7. The highest BCUT2D eigenvalue weighted by Crippen LogP contribution is 2.42. The molecule has 0 radical (unpaired) electrons. The van der Waals surface area contributed by atoms with E-state index in [-0.39, 0.29) is 11.8 Å². The van der Waals surface area contributed by atoms with Gasteiger partial charge >= 0.3 is 0 Å². The molecule has 1 unspecified atom stereocenters. The second kappa shape index (κ2) is 6.87. The summed E-state index contributed by atoms with van der Waals surface area (Å²) in [5.74, 6) is 1.95. The van der Waals surface area contributed by atoms with E-state index < -0.39 is 0 Å². The van der Waals surface area contributed by atoms with E-state index in [0.29, 0.717) is 0 Å². The second-order valence-corrected chi connectivity index (χ2v) is 8.42. The lowest BCUT2D eigenvalue weighted by Gasteiger charge is -2.32. The molecular weight excluding hydrogens is 330 g/mol. The summed E-state index contributed by atoms with van der Waals surface area (Å²) < 4.78 is 1.37. The Morgan fingerprint density at radius 1 is 1.40 bits per heavy atom. The summed E-state index contributed by atoms with van der Waals surface area (Å²) in [6, 6.07) is 2.17. The van der Waals surface area contributed by atoms with Crippen molar-refractivity contribution < 1.29 is 4.79 Å². The van der Waals surface area contributed by atoms with Gasteiger partial charge in [0.25, 0.3) is 0 Å². The number of carbonyl (C=O) groups is 1. The summed E-state index contributed by atoms with van der Waals surface area (Å²) in [6.45, 7) is 7.44. The van der Waals surface area contributed by atoms with Gasteiger partial charge in [-0.3, -0.25) is 4.79 Å². The first-order valence-corrected chi connectivity index (χ1v) is 10.2. The van der Waals surface area contributed by atoms with Crippen molar-refractivity contribution in [3.8, 4) is 0 Å². The lowest BCUT2D eigenvalue weighted by molar-refractivity contribution is -0.122. The van der Waals surface area contributed by atoms with Crippen LogP contribution in [-0.2, 0) is 17.6 Å². The van der Waals surface area contributed by atoms with E-state index in [1.807, 2.05) is 17.5 Å². The maximum absolute atomic E-state index is 11.8. The molecule has 4 nitrogen and oxygen atoms in total. The topological polar surface area (TPSA) is 45.6 Å². The lowest BCUT2D eigenvalue weighted by Crippen LogP contribution is -2.36. The van der Waals surface area contributed by atoms with Crippen LogP contribution in [0.4, 0.5) is 5.82 Å². The molecule has 0 aromatic carbocycles. The van der Waals surface area contributed by atoms with E-state index in [2.05, 4.69) is 29.6 Å². The van der Waals surface area contributed by atoms with Gasteiger partial charge in [-0.05, 0) is 56.4 Å². The van der Waals surface area contributed by atoms with Gasteiger partial charge < -0.3 is 4.90 Å². The maximum atomic E-state index is 11.8. The van der Waals surface area contributed by atoms with Crippen LogP contribution in [-0.4, -0.2) is 30.7 Å². The fourth-order valence-corrected chi connectivity index (χ4v) is 5.69. The van der Waals surface area contributed by atoms with Crippen LogP contribution in [0.25, 0.3) is 10.1 Å². The number of hydrogen-bond acceptors (Lipinski definition) is 4. The number of fused-ring (bicyclic) bond motifs is 3. The molecule has 4 rings (SSSR count). The number of thiophene rings is 1. The van der Waals surface area contributed by atoms with E-state index in [0.717, 1.165) is 37.7 Å². The second-order valence-electron chi connectivity index (χ2n) is 7.29. The molecule has 3 heterocycles. The zero-order valence-corrected chi connectivity index (χ0v) is 15.6. The van der Waals surface area contributed by atoms with E-state index in [9.17, 15) is 4.79 Å². The Kier molecular flexibility index (Phi) is 4.59. The van der Waals surface area contributed by atoms with Crippen molar-refractivity contribution in [2.45, 2.75) is 45.4 Å². The Morgan fingerprint density at radius 2 is 2.20 bits per heavy atom. The zero-order valence-electron chi connectivity index (χ0n) is 14.8.